The van der Waals surface area contributed by atoms with Gasteiger partial charge < -0.3 is 20.1 Å². The SMILES string of the molecule is O=C(O)C1CCC(Nc2nc3ccccc3nc2N2CCOCC2)CC1. The number of nitrogens with one attached hydrogen (secondary N) is 1. The van der Waals surface area contributed by atoms with Gasteiger partial charge in [0.25, 0.3) is 0 Å². The first kappa shape index (κ1) is 17.0. The zero-order valence-corrected chi connectivity index (χ0v) is 14.7. The molecule has 0 bridgehead atoms. The number of anilines is 2. The molecule has 1 saturated heterocycles. The molecule has 0 spiro atoms. The van der Waals surface area contributed by atoms with Crippen molar-refractivity contribution in [2.24, 2.45) is 5.92 Å². The number of hydrogen-bond donors (Lipinski definition) is 2. The lowest BCUT2D eigenvalue weighted by molar-refractivity contribution is -0.142. The Kier molecular flexibility index (Phi) is 4.88. The van der Waals surface area contributed by atoms with Gasteiger partial charge in [-0.05, 0) is 37.8 Å². The van der Waals surface area contributed by atoms with E-state index in [0.717, 1.165) is 48.6 Å². The molecule has 4 rings (SSSR count). The van der Waals surface area contributed by atoms with E-state index in [4.69, 9.17) is 14.7 Å². The Labute approximate surface area is 152 Å². The second-order valence-electron chi connectivity index (χ2n) is 7.02. The Hall–Kier alpha value is -2.41. The number of fused-ring (bicyclic) bond motifs is 1. The molecule has 2 heterocycles. The van der Waals surface area contributed by atoms with Gasteiger partial charge in [-0.2, -0.15) is 0 Å². The molecule has 7 nitrogen and oxygen atoms in total. The lowest BCUT2D eigenvalue weighted by Gasteiger charge is -2.32. The molecule has 1 saturated carbocycles. The van der Waals surface area contributed by atoms with Gasteiger partial charge in [0.15, 0.2) is 11.6 Å². The van der Waals surface area contributed by atoms with Gasteiger partial charge in [0, 0.05) is 19.1 Å². The predicted octanol–water partition coefficient (Wildman–Crippen LogP) is 2.52. The van der Waals surface area contributed by atoms with Gasteiger partial charge in [0.1, 0.15) is 0 Å². The zero-order valence-electron chi connectivity index (χ0n) is 14.7. The molecule has 0 atom stereocenters. The fraction of sp³-hybridized carbons (Fsp3) is 0.526. The van der Waals surface area contributed by atoms with E-state index < -0.39 is 5.97 Å². The summed E-state index contributed by atoms with van der Waals surface area (Å²) in [7, 11) is 0. The van der Waals surface area contributed by atoms with Crippen LogP contribution in [0.15, 0.2) is 24.3 Å². The van der Waals surface area contributed by atoms with Crippen molar-refractivity contribution in [3.8, 4) is 0 Å². The molecular weight excluding hydrogens is 332 g/mol. The maximum Gasteiger partial charge on any atom is 0.306 e. The smallest absolute Gasteiger partial charge is 0.306 e. The molecule has 1 aliphatic heterocycles. The number of nitrogens with zero attached hydrogens (tertiary/aromatic N) is 3. The van der Waals surface area contributed by atoms with Gasteiger partial charge in [0.05, 0.1) is 30.2 Å². The third-order valence-corrected chi connectivity index (χ3v) is 5.28. The summed E-state index contributed by atoms with van der Waals surface area (Å²) in [6.45, 7) is 2.98. The third kappa shape index (κ3) is 3.58. The van der Waals surface area contributed by atoms with Crippen LogP contribution in [-0.2, 0) is 9.53 Å². The number of morpholine rings is 1. The molecule has 0 radical (unpaired) electrons. The molecule has 1 aliphatic carbocycles. The van der Waals surface area contributed by atoms with Crippen LogP contribution in [0.2, 0.25) is 0 Å². The van der Waals surface area contributed by atoms with Crippen LogP contribution in [0.5, 0.6) is 0 Å². The summed E-state index contributed by atoms with van der Waals surface area (Å²) < 4.78 is 5.47. The normalized spacial score (nSPS) is 23.8. The molecule has 2 aromatic rings. The highest BCUT2D eigenvalue weighted by Gasteiger charge is 2.27. The first-order chi connectivity index (χ1) is 12.7. The molecule has 2 aliphatic rings. The van der Waals surface area contributed by atoms with E-state index >= 15 is 0 Å². The van der Waals surface area contributed by atoms with Gasteiger partial charge in [-0.25, -0.2) is 9.97 Å². The number of carbonyl (C=O) groups is 1. The van der Waals surface area contributed by atoms with Crippen molar-refractivity contribution in [3.63, 3.8) is 0 Å². The second kappa shape index (κ2) is 7.45. The van der Waals surface area contributed by atoms with Gasteiger partial charge in [0.2, 0.25) is 0 Å². The first-order valence-corrected chi connectivity index (χ1v) is 9.29. The minimum Gasteiger partial charge on any atom is -0.481 e. The van der Waals surface area contributed by atoms with E-state index in [2.05, 4.69) is 10.2 Å². The van der Waals surface area contributed by atoms with Gasteiger partial charge in [-0.1, -0.05) is 12.1 Å². The number of ether oxygens (including phenoxy) is 1. The first-order valence-electron chi connectivity index (χ1n) is 9.29. The average Bonchev–Trinajstić information content (AvgIpc) is 2.68. The van der Waals surface area contributed by atoms with Crippen LogP contribution in [0.3, 0.4) is 0 Å². The Morgan fingerprint density at radius 1 is 1.08 bits per heavy atom. The van der Waals surface area contributed by atoms with Crippen LogP contribution in [-0.4, -0.2) is 53.4 Å². The van der Waals surface area contributed by atoms with E-state index in [-0.39, 0.29) is 12.0 Å². The Morgan fingerprint density at radius 2 is 1.73 bits per heavy atom. The van der Waals surface area contributed by atoms with Crippen molar-refractivity contribution >= 4 is 28.6 Å². The molecule has 1 aromatic carbocycles. The highest BCUT2D eigenvalue weighted by Crippen LogP contribution is 2.31. The Balaban J connectivity index is 1.59. The maximum absolute atomic E-state index is 11.2. The molecule has 0 amide bonds. The monoisotopic (exact) mass is 356 g/mol. The standard InChI is InChI=1S/C19H24N4O3/c24-19(25)13-5-7-14(8-6-13)20-17-18(23-9-11-26-12-10-23)22-16-4-2-1-3-15(16)21-17/h1-4,13-14H,5-12H2,(H,20,21)(H,24,25). The van der Waals surface area contributed by atoms with Crippen LogP contribution in [0.4, 0.5) is 11.6 Å². The average molecular weight is 356 g/mol. The lowest BCUT2D eigenvalue weighted by Crippen LogP contribution is -2.38. The summed E-state index contributed by atoms with van der Waals surface area (Å²) in [5.74, 6) is 0.772. The number of aromatic nitrogens is 2. The number of aliphatic carboxylic acids is 1. The van der Waals surface area contributed by atoms with Crippen LogP contribution in [0.25, 0.3) is 11.0 Å². The summed E-state index contributed by atoms with van der Waals surface area (Å²) in [6, 6.07) is 8.13. The van der Waals surface area contributed by atoms with E-state index in [1.165, 1.54) is 0 Å². The fourth-order valence-corrected chi connectivity index (χ4v) is 3.76. The Morgan fingerprint density at radius 3 is 2.38 bits per heavy atom. The van der Waals surface area contributed by atoms with Crippen molar-refractivity contribution in [2.45, 2.75) is 31.7 Å². The number of carboxylic acid groups (broad SMARTS) is 1. The minimum atomic E-state index is -0.678. The van der Waals surface area contributed by atoms with Crippen molar-refractivity contribution in [3.05, 3.63) is 24.3 Å². The molecule has 0 unspecified atom stereocenters. The van der Waals surface area contributed by atoms with Crippen LogP contribution in [0.1, 0.15) is 25.7 Å². The van der Waals surface area contributed by atoms with Gasteiger partial charge >= 0.3 is 5.97 Å². The predicted molar refractivity (Wildman–Crippen MR) is 99.6 cm³/mol. The molecule has 2 N–H and O–H groups in total. The number of carboxylic acids is 1. The third-order valence-electron chi connectivity index (χ3n) is 5.28. The Bertz CT molecular complexity index is 783. The highest BCUT2D eigenvalue weighted by molar-refractivity contribution is 5.80. The summed E-state index contributed by atoms with van der Waals surface area (Å²) >= 11 is 0. The van der Waals surface area contributed by atoms with E-state index in [0.29, 0.717) is 26.1 Å². The van der Waals surface area contributed by atoms with Crippen LogP contribution < -0.4 is 10.2 Å². The van der Waals surface area contributed by atoms with Crippen LogP contribution >= 0.6 is 0 Å². The van der Waals surface area contributed by atoms with E-state index in [1.807, 2.05) is 24.3 Å². The maximum atomic E-state index is 11.2. The van der Waals surface area contributed by atoms with E-state index in [9.17, 15) is 9.90 Å². The molecule has 7 heteroatoms. The molecule has 2 fully saturated rings. The minimum absolute atomic E-state index is 0.213. The number of rotatable bonds is 4. The number of hydrogen-bond acceptors (Lipinski definition) is 6. The van der Waals surface area contributed by atoms with Crippen molar-refractivity contribution in [2.75, 3.05) is 36.5 Å². The molecule has 1 aromatic heterocycles. The van der Waals surface area contributed by atoms with Crippen molar-refractivity contribution in [1.82, 2.24) is 9.97 Å². The fourth-order valence-electron chi connectivity index (χ4n) is 3.76. The topological polar surface area (TPSA) is 87.6 Å². The largest absolute Gasteiger partial charge is 0.481 e. The lowest BCUT2D eigenvalue weighted by atomic mass is 9.86. The van der Waals surface area contributed by atoms with Crippen molar-refractivity contribution in [1.29, 1.82) is 0 Å². The van der Waals surface area contributed by atoms with E-state index in [1.54, 1.807) is 0 Å². The quantitative estimate of drug-likeness (QED) is 0.870. The van der Waals surface area contributed by atoms with Gasteiger partial charge in [-0.3, -0.25) is 4.79 Å². The summed E-state index contributed by atoms with van der Waals surface area (Å²) in [6.07, 6.45) is 3.10. The van der Waals surface area contributed by atoms with Gasteiger partial charge in [-0.15, -0.1) is 0 Å². The molecule has 138 valence electrons. The second-order valence-corrected chi connectivity index (χ2v) is 7.02. The highest BCUT2D eigenvalue weighted by atomic mass is 16.5. The van der Waals surface area contributed by atoms with Crippen LogP contribution in [0, 0.1) is 5.92 Å². The number of benzene rings is 1. The summed E-state index contributed by atoms with van der Waals surface area (Å²) in [5, 5.41) is 12.7. The number of para-hydroxylation sites is 2. The van der Waals surface area contributed by atoms with Crippen molar-refractivity contribution < 1.29 is 14.6 Å². The zero-order chi connectivity index (χ0) is 17.9. The molecule has 26 heavy (non-hydrogen) atoms. The summed E-state index contributed by atoms with van der Waals surface area (Å²) in [4.78, 5) is 23.1. The molecular formula is C19H24N4O3. The summed E-state index contributed by atoms with van der Waals surface area (Å²) in [5.41, 5.74) is 1.75.